The molecule has 0 aliphatic heterocycles. The topological polar surface area (TPSA) is 105 Å². The number of amides is 2. The summed E-state index contributed by atoms with van der Waals surface area (Å²) in [5.41, 5.74) is 0.392. The predicted molar refractivity (Wildman–Crippen MR) is 77.9 cm³/mol. The highest BCUT2D eigenvalue weighted by Crippen LogP contribution is 2.11. The summed E-state index contributed by atoms with van der Waals surface area (Å²) in [6.07, 6.45) is 0. The number of ether oxygens (including phenoxy) is 1. The lowest BCUT2D eigenvalue weighted by Crippen LogP contribution is -2.47. The van der Waals surface area contributed by atoms with Crippen LogP contribution >= 0.6 is 15.9 Å². The Bertz CT molecular complexity index is 535. The molecule has 0 heterocycles. The summed E-state index contributed by atoms with van der Waals surface area (Å²) in [7, 11) is 1.33. The standard InChI is InChI=1S/C13H15BrN2O5/c1-21-7-10(13(19)20)16-11(17)6-15-12(18)8-3-2-4-9(14)5-8/h2-5,10H,6-7H2,1H3,(H,15,18)(H,16,17)(H,19,20). The molecule has 2 amide bonds. The van der Waals surface area contributed by atoms with E-state index in [4.69, 9.17) is 5.11 Å². The fourth-order valence-electron chi connectivity index (χ4n) is 1.48. The van der Waals surface area contributed by atoms with E-state index in [1.54, 1.807) is 24.3 Å². The molecule has 8 heteroatoms. The first-order valence-corrected chi connectivity index (χ1v) is 6.78. The summed E-state index contributed by atoms with van der Waals surface area (Å²) in [5, 5.41) is 13.5. The van der Waals surface area contributed by atoms with Gasteiger partial charge in [0.15, 0.2) is 6.04 Å². The molecule has 1 rings (SSSR count). The Morgan fingerprint density at radius 3 is 2.67 bits per heavy atom. The number of hydrogen-bond acceptors (Lipinski definition) is 4. The van der Waals surface area contributed by atoms with Crippen molar-refractivity contribution in [2.45, 2.75) is 6.04 Å². The fraction of sp³-hybridized carbons (Fsp3) is 0.308. The number of aliphatic carboxylic acids is 1. The third-order valence-corrected chi connectivity index (χ3v) is 2.96. The van der Waals surface area contributed by atoms with Gasteiger partial charge in [-0.2, -0.15) is 0 Å². The number of nitrogens with one attached hydrogen (secondary N) is 2. The van der Waals surface area contributed by atoms with Gasteiger partial charge in [-0.15, -0.1) is 0 Å². The van der Waals surface area contributed by atoms with E-state index in [0.717, 1.165) is 4.47 Å². The zero-order chi connectivity index (χ0) is 15.8. The molecule has 21 heavy (non-hydrogen) atoms. The van der Waals surface area contributed by atoms with Gasteiger partial charge in [0.2, 0.25) is 5.91 Å². The number of carboxylic acids is 1. The van der Waals surface area contributed by atoms with Crippen molar-refractivity contribution in [3.63, 3.8) is 0 Å². The lowest BCUT2D eigenvalue weighted by molar-refractivity contribution is -0.143. The summed E-state index contributed by atoms with van der Waals surface area (Å²) < 4.78 is 5.43. The second kappa shape index (κ2) is 8.38. The van der Waals surface area contributed by atoms with Crippen molar-refractivity contribution in [2.24, 2.45) is 0 Å². The molecule has 1 atom stereocenters. The molecular formula is C13H15BrN2O5. The minimum Gasteiger partial charge on any atom is -0.480 e. The number of methoxy groups -OCH3 is 1. The van der Waals surface area contributed by atoms with Crippen molar-refractivity contribution in [1.82, 2.24) is 10.6 Å². The van der Waals surface area contributed by atoms with Crippen LogP contribution in [0, 0.1) is 0 Å². The van der Waals surface area contributed by atoms with Gasteiger partial charge in [-0.3, -0.25) is 9.59 Å². The molecule has 0 saturated heterocycles. The van der Waals surface area contributed by atoms with Crippen LogP contribution < -0.4 is 10.6 Å². The van der Waals surface area contributed by atoms with E-state index in [1.165, 1.54) is 7.11 Å². The highest BCUT2D eigenvalue weighted by Gasteiger charge is 2.19. The second-order valence-corrected chi connectivity index (χ2v) is 5.02. The van der Waals surface area contributed by atoms with Crippen molar-refractivity contribution in [3.8, 4) is 0 Å². The van der Waals surface area contributed by atoms with Crippen molar-refractivity contribution in [3.05, 3.63) is 34.3 Å². The van der Waals surface area contributed by atoms with Crippen molar-refractivity contribution < 1.29 is 24.2 Å². The van der Waals surface area contributed by atoms with Gasteiger partial charge < -0.3 is 20.5 Å². The normalized spacial score (nSPS) is 11.5. The first-order chi connectivity index (χ1) is 9.93. The molecule has 114 valence electrons. The largest absolute Gasteiger partial charge is 0.480 e. The van der Waals surface area contributed by atoms with Crippen LogP contribution in [0.1, 0.15) is 10.4 Å². The molecule has 3 N–H and O–H groups in total. The van der Waals surface area contributed by atoms with Crippen LogP contribution in [0.2, 0.25) is 0 Å². The van der Waals surface area contributed by atoms with E-state index in [-0.39, 0.29) is 13.2 Å². The molecule has 1 aromatic rings. The fourth-order valence-corrected chi connectivity index (χ4v) is 1.88. The highest BCUT2D eigenvalue weighted by molar-refractivity contribution is 9.10. The van der Waals surface area contributed by atoms with Gasteiger partial charge >= 0.3 is 5.97 Å². The Morgan fingerprint density at radius 1 is 1.38 bits per heavy atom. The Morgan fingerprint density at radius 2 is 2.10 bits per heavy atom. The first kappa shape index (κ1) is 17.1. The molecule has 0 fully saturated rings. The van der Waals surface area contributed by atoms with Crippen molar-refractivity contribution >= 4 is 33.7 Å². The third kappa shape index (κ3) is 5.92. The number of benzene rings is 1. The zero-order valence-electron chi connectivity index (χ0n) is 11.3. The molecular weight excluding hydrogens is 344 g/mol. The lowest BCUT2D eigenvalue weighted by atomic mass is 10.2. The van der Waals surface area contributed by atoms with Crippen molar-refractivity contribution in [1.29, 1.82) is 0 Å². The maximum atomic E-state index is 11.8. The minimum absolute atomic E-state index is 0.152. The van der Waals surface area contributed by atoms with Crippen molar-refractivity contribution in [2.75, 3.05) is 20.3 Å². The van der Waals surface area contributed by atoms with E-state index in [1.807, 2.05) is 0 Å². The van der Waals surface area contributed by atoms with Crippen LogP contribution in [0.15, 0.2) is 28.7 Å². The summed E-state index contributed by atoms with van der Waals surface area (Å²) >= 11 is 3.24. The Kier molecular flexibility index (Phi) is 6.83. The Labute approximate surface area is 129 Å². The maximum Gasteiger partial charge on any atom is 0.328 e. The van der Waals surface area contributed by atoms with Gasteiger partial charge in [0.25, 0.3) is 5.91 Å². The number of carboxylic acid groups (broad SMARTS) is 1. The molecule has 0 aliphatic rings. The molecule has 1 aromatic carbocycles. The van der Waals surface area contributed by atoms with Gasteiger partial charge in [0.05, 0.1) is 13.2 Å². The quantitative estimate of drug-likeness (QED) is 0.654. The molecule has 7 nitrogen and oxygen atoms in total. The Hall–Kier alpha value is -1.93. The van der Waals surface area contributed by atoms with Crippen LogP contribution in [0.4, 0.5) is 0 Å². The first-order valence-electron chi connectivity index (χ1n) is 5.99. The molecule has 0 aliphatic carbocycles. The van der Waals surface area contributed by atoms with Crippen LogP contribution in [0.25, 0.3) is 0 Å². The second-order valence-electron chi connectivity index (χ2n) is 4.11. The zero-order valence-corrected chi connectivity index (χ0v) is 12.8. The predicted octanol–water partition coefficient (Wildman–Crippen LogP) is 0.395. The summed E-state index contributed by atoms with van der Waals surface area (Å²) in [4.78, 5) is 34.2. The van der Waals surface area contributed by atoms with Gasteiger partial charge in [0, 0.05) is 17.1 Å². The highest BCUT2D eigenvalue weighted by atomic mass is 79.9. The average Bonchev–Trinajstić information content (AvgIpc) is 2.44. The van der Waals surface area contributed by atoms with Gasteiger partial charge in [0.1, 0.15) is 0 Å². The van der Waals surface area contributed by atoms with E-state index in [9.17, 15) is 14.4 Å². The SMILES string of the molecule is COCC(NC(=O)CNC(=O)c1cccc(Br)c1)C(=O)O. The molecule has 0 spiro atoms. The molecule has 0 radical (unpaired) electrons. The van der Waals surface area contributed by atoms with E-state index >= 15 is 0 Å². The number of halogens is 1. The number of hydrogen-bond donors (Lipinski definition) is 3. The summed E-state index contributed by atoms with van der Waals surface area (Å²) in [6.45, 7) is -0.473. The van der Waals surface area contributed by atoms with Crippen LogP contribution in [-0.2, 0) is 14.3 Å². The molecule has 0 saturated carbocycles. The van der Waals surface area contributed by atoms with E-state index in [0.29, 0.717) is 5.56 Å². The molecule has 0 bridgehead atoms. The van der Waals surface area contributed by atoms with E-state index < -0.39 is 23.8 Å². The number of rotatable bonds is 7. The summed E-state index contributed by atoms with van der Waals surface area (Å²) in [5.74, 6) is -2.24. The van der Waals surface area contributed by atoms with E-state index in [2.05, 4.69) is 31.3 Å². The number of carbonyl (C=O) groups excluding carboxylic acids is 2. The molecule has 0 aromatic heterocycles. The number of carbonyl (C=O) groups is 3. The van der Waals surface area contributed by atoms with Gasteiger partial charge in [-0.05, 0) is 18.2 Å². The average molecular weight is 359 g/mol. The summed E-state index contributed by atoms with van der Waals surface area (Å²) in [6, 6.07) is 5.52. The van der Waals surface area contributed by atoms with Crippen LogP contribution in [0.3, 0.4) is 0 Å². The van der Waals surface area contributed by atoms with Gasteiger partial charge in [-0.25, -0.2) is 4.79 Å². The minimum atomic E-state index is -1.21. The monoisotopic (exact) mass is 358 g/mol. The Balaban J connectivity index is 2.49. The third-order valence-electron chi connectivity index (χ3n) is 2.46. The van der Waals surface area contributed by atoms with Crippen LogP contribution in [-0.4, -0.2) is 49.2 Å². The lowest BCUT2D eigenvalue weighted by Gasteiger charge is -2.13. The maximum absolute atomic E-state index is 11.8. The van der Waals surface area contributed by atoms with Gasteiger partial charge in [-0.1, -0.05) is 22.0 Å². The molecule has 1 unspecified atom stereocenters. The smallest absolute Gasteiger partial charge is 0.328 e. The van der Waals surface area contributed by atoms with Crippen LogP contribution in [0.5, 0.6) is 0 Å².